The summed E-state index contributed by atoms with van der Waals surface area (Å²) < 4.78 is 29.9. The fourth-order valence-corrected chi connectivity index (χ4v) is 1.09. The van der Waals surface area contributed by atoms with Gasteiger partial charge in [0.15, 0.2) is 0 Å². The standard InChI is InChI=1S/C5H12O3S.Li/c1-2-3-4-5-9(6,7)8;/h2-5H2,1H3,(H,6,7,8);/q;+1/p-1. The quantitative estimate of drug-likeness (QED) is 0.263. The third-order valence-corrected chi connectivity index (χ3v) is 1.79. The third kappa shape index (κ3) is 11.3. The van der Waals surface area contributed by atoms with Crippen LogP contribution in [0.5, 0.6) is 0 Å². The summed E-state index contributed by atoms with van der Waals surface area (Å²) in [6, 6.07) is 0. The van der Waals surface area contributed by atoms with E-state index in [0.29, 0.717) is 6.42 Å². The van der Waals surface area contributed by atoms with Gasteiger partial charge in [0.25, 0.3) is 0 Å². The van der Waals surface area contributed by atoms with Crippen LogP contribution in [0, 0.1) is 0 Å². The Balaban J connectivity index is 0. The summed E-state index contributed by atoms with van der Waals surface area (Å²) in [5, 5.41) is 0. The summed E-state index contributed by atoms with van der Waals surface area (Å²) in [4.78, 5) is 0. The van der Waals surface area contributed by atoms with Crippen LogP contribution >= 0.6 is 0 Å². The summed E-state index contributed by atoms with van der Waals surface area (Å²) >= 11 is 0. The Morgan fingerprint density at radius 1 is 1.30 bits per heavy atom. The van der Waals surface area contributed by atoms with Crippen molar-refractivity contribution in [1.82, 2.24) is 0 Å². The van der Waals surface area contributed by atoms with E-state index in [-0.39, 0.29) is 24.6 Å². The summed E-state index contributed by atoms with van der Waals surface area (Å²) in [5.74, 6) is -0.208. The maximum atomic E-state index is 9.95. The molecule has 0 unspecified atom stereocenters. The van der Waals surface area contributed by atoms with E-state index in [1.807, 2.05) is 6.92 Å². The molecule has 0 aromatic heterocycles. The molecule has 0 aliphatic heterocycles. The molecule has 0 N–H and O–H groups in total. The fraction of sp³-hybridized carbons (Fsp3) is 1.00. The molecule has 0 saturated heterocycles. The Kier molecular flexibility index (Phi) is 8.18. The van der Waals surface area contributed by atoms with Crippen LogP contribution in [-0.2, 0) is 10.1 Å². The molecule has 0 aliphatic rings. The largest absolute Gasteiger partial charge is 1.00 e. The zero-order chi connectivity index (χ0) is 7.33. The van der Waals surface area contributed by atoms with Gasteiger partial charge < -0.3 is 4.55 Å². The van der Waals surface area contributed by atoms with Crippen LogP contribution < -0.4 is 18.9 Å². The van der Waals surface area contributed by atoms with Gasteiger partial charge in [0.2, 0.25) is 0 Å². The molecule has 0 radical (unpaired) electrons. The summed E-state index contributed by atoms with van der Waals surface area (Å²) in [5.41, 5.74) is 0. The summed E-state index contributed by atoms with van der Waals surface area (Å²) in [7, 11) is -3.95. The maximum absolute atomic E-state index is 9.95. The maximum Gasteiger partial charge on any atom is 1.00 e. The fourth-order valence-electron chi connectivity index (χ4n) is 0.529. The molecular formula is C5H11LiO3S. The van der Waals surface area contributed by atoms with E-state index in [1.54, 1.807) is 0 Å². The van der Waals surface area contributed by atoms with Gasteiger partial charge in [-0.2, -0.15) is 0 Å². The van der Waals surface area contributed by atoms with Crippen molar-refractivity contribution in [3.63, 3.8) is 0 Å². The second-order valence-corrected chi connectivity index (χ2v) is 3.49. The van der Waals surface area contributed by atoms with Gasteiger partial charge in [-0.1, -0.05) is 19.8 Å². The van der Waals surface area contributed by atoms with Crippen molar-refractivity contribution in [2.75, 3.05) is 5.75 Å². The smallest absolute Gasteiger partial charge is 0.748 e. The zero-order valence-corrected chi connectivity index (χ0v) is 7.28. The molecule has 0 aromatic rings. The van der Waals surface area contributed by atoms with E-state index in [0.717, 1.165) is 12.8 Å². The van der Waals surface area contributed by atoms with E-state index < -0.39 is 10.1 Å². The van der Waals surface area contributed by atoms with Crippen molar-refractivity contribution < 1.29 is 31.8 Å². The minimum Gasteiger partial charge on any atom is -0.748 e. The summed E-state index contributed by atoms with van der Waals surface area (Å²) in [6.07, 6.45) is 2.26. The van der Waals surface area contributed by atoms with Gasteiger partial charge in [0.05, 0.1) is 10.1 Å². The monoisotopic (exact) mass is 158 g/mol. The van der Waals surface area contributed by atoms with Crippen molar-refractivity contribution in [2.24, 2.45) is 0 Å². The first kappa shape index (κ1) is 13.1. The van der Waals surface area contributed by atoms with Crippen molar-refractivity contribution in [2.45, 2.75) is 26.2 Å². The first-order chi connectivity index (χ1) is 4.06. The molecule has 10 heavy (non-hydrogen) atoms. The second-order valence-electron chi connectivity index (χ2n) is 1.97. The van der Waals surface area contributed by atoms with Crippen LogP contribution in [0.1, 0.15) is 26.2 Å². The Morgan fingerprint density at radius 3 is 2.10 bits per heavy atom. The van der Waals surface area contributed by atoms with Gasteiger partial charge in [-0.05, 0) is 6.42 Å². The first-order valence-electron chi connectivity index (χ1n) is 3.00. The molecule has 0 rings (SSSR count). The Bertz CT molecular complexity index is 152. The van der Waals surface area contributed by atoms with Gasteiger partial charge in [0.1, 0.15) is 0 Å². The van der Waals surface area contributed by atoms with Crippen LogP contribution in [0.4, 0.5) is 0 Å². The van der Waals surface area contributed by atoms with Gasteiger partial charge in [-0.25, -0.2) is 8.42 Å². The predicted molar refractivity (Wildman–Crippen MR) is 34.1 cm³/mol. The Labute approximate surface area is 74.1 Å². The number of unbranched alkanes of at least 4 members (excludes halogenated alkanes) is 2. The predicted octanol–water partition coefficient (Wildman–Crippen LogP) is -2.27. The Morgan fingerprint density at radius 2 is 1.80 bits per heavy atom. The number of hydrogen-bond donors (Lipinski definition) is 0. The normalized spacial score (nSPS) is 10.6. The Hall–Kier alpha value is 0.507. The minimum absolute atomic E-state index is 0. The van der Waals surface area contributed by atoms with E-state index >= 15 is 0 Å². The number of hydrogen-bond acceptors (Lipinski definition) is 3. The van der Waals surface area contributed by atoms with Gasteiger partial charge in [-0.3, -0.25) is 0 Å². The molecule has 0 saturated carbocycles. The van der Waals surface area contributed by atoms with Crippen molar-refractivity contribution in [3.05, 3.63) is 0 Å². The van der Waals surface area contributed by atoms with Gasteiger partial charge in [-0.15, -0.1) is 0 Å². The van der Waals surface area contributed by atoms with Crippen LogP contribution in [0.2, 0.25) is 0 Å². The molecule has 0 spiro atoms. The molecule has 0 aromatic carbocycles. The van der Waals surface area contributed by atoms with Gasteiger partial charge >= 0.3 is 18.9 Å². The van der Waals surface area contributed by atoms with E-state index in [1.165, 1.54) is 0 Å². The molecule has 0 fully saturated rings. The van der Waals surface area contributed by atoms with Crippen LogP contribution in [-0.4, -0.2) is 18.7 Å². The van der Waals surface area contributed by atoms with Crippen LogP contribution in [0.15, 0.2) is 0 Å². The van der Waals surface area contributed by atoms with E-state index in [4.69, 9.17) is 0 Å². The van der Waals surface area contributed by atoms with Crippen LogP contribution in [0.3, 0.4) is 0 Å². The minimum atomic E-state index is -3.95. The molecule has 5 heteroatoms. The number of rotatable bonds is 4. The first-order valence-corrected chi connectivity index (χ1v) is 4.57. The molecular weight excluding hydrogens is 147 g/mol. The molecule has 0 aliphatic carbocycles. The second kappa shape index (κ2) is 6.23. The van der Waals surface area contributed by atoms with E-state index in [9.17, 15) is 13.0 Å². The van der Waals surface area contributed by atoms with Crippen molar-refractivity contribution >= 4 is 10.1 Å². The molecule has 3 nitrogen and oxygen atoms in total. The third-order valence-electron chi connectivity index (χ3n) is 0.998. The average molecular weight is 158 g/mol. The van der Waals surface area contributed by atoms with Crippen LogP contribution in [0.25, 0.3) is 0 Å². The average Bonchev–Trinajstić information content (AvgIpc) is 1.63. The molecule has 56 valence electrons. The SMILES string of the molecule is CCCCCS(=O)(=O)[O-].[Li+]. The van der Waals surface area contributed by atoms with Crippen molar-refractivity contribution in [3.8, 4) is 0 Å². The van der Waals surface area contributed by atoms with E-state index in [2.05, 4.69) is 0 Å². The zero-order valence-electron chi connectivity index (χ0n) is 6.46. The molecule has 0 amide bonds. The molecule has 0 bridgehead atoms. The summed E-state index contributed by atoms with van der Waals surface area (Å²) in [6.45, 7) is 1.96. The van der Waals surface area contributed by atoms with Gasteiger partial charge in [0, 0.05) is 5.75 Å². The molecule has 0 atom stereocenters. The molecule has 0 heterocycles. The van der Waals surface area contributed by atoms with Crippen molar-refractivity contribution in [1.29, 1.82) is 0 Å². The topological polar surface area (TPSA) is 57.2 Å².